The normalized spacial score (nSPS) is 17.0. The lowest BCUT2D eigenvalue weighted by Gasteiger charge is -2.13. The molecule has 1 aliphatic rings. The van der Waals surface area contributed by atoms with Crippen LogP contribution in [0.3, 0.4) is 0 Å². The topological polar surface area (TPSA) is 32.3 Å². The van der Waals surface area contributed by atoms with E-state index in [1.807, 2.05) is 11.8 Å². The molecule has 1 N–H and O–H groups in total. The van der Waals surface area contributed by atoms with Gasteiger partial charge in [0.15, 0.2) is 0 Å². The van der Waals surface area contributed by atoms with Gasteiger partial charge in [-0.15, -0.1) is 0 Å². The van der Waals surface area contributed by atoms with Gasteiger partial charge < -0.3 is 10.2 Å². The molecule has 1 heterocycles. The van der Waals surface area contributed by atoms with Gasteiger partial charge in [-0.2, -0.15) is 0 Å². The summed E-state index contributed by atoms with van der Waals surface area (Å²) in [4.78, 5) is 13.0. The molecule has 68 valence electrons. The predicted molar refractivity (Wildman–Crippen MR) is 48.9 cm³/mol. The molecule has 0 fully saturated rings. The van der Waals surface area contributed by atoms with Crippen molar-refractivity contribution in [1.29, 1.82) is 0 Å². The number of hydrogen-bond donors (Lipinski definition) is 1. The standard InChI is InChI=1S/C9H16N2O/c1-3-10-6-8-5-9(12)11(4-2)7-8/h5,10H,3-4,6-7H2,1-2H3. The number of hydrogen-bond acceptors (Lipinski definition) is 2. The van der Waals surface area contributed by atoms with Gasteiger partial charge in [-0.3, -0.25) is 4.79 Å². The van der Waals surface area contributed by atoms with E-state index in [1.165, 1.54) is 5.57 Å². The Hall–Kier alpha value is -0.830. The van der Waals surface area contributed by atoms with Crippen LogP contribution in [0.4, 0.5) is 0 Å². The van der Waals surface area contributed by atoms with Crippen molar-refractivity contribution in [3.05, 3.63) is 11.6 Å². The van der Waals surface area contributed by atoms with Crippen LogP contribution in [-0.2, 0) is 4.79 Å². The van der Waals surface area contributed by atoms with Gasteiger partial charge in [0.2, 0.25) is 5.91 Å². The minimum absolute atomic E-state index is 0.158. The zero-order valence-corrected chi connectivity index (χ0v) is 7.76. The van der Waals surface area contributed by atoms with Gasteiger partial charge in [-0.25, -0.2) is 0 Å². The number of carbonyl (C=O) groups excluding carboxylic acids is 1. The molecule has 0 aliphatic carbocycles. The first-order valence-electron chi connectivity index (χ1n) is 4.47. The molecule has 0 aromatic rings. The summed E-state index contributed by atoms with van der Waals surface area (Å²) in [5, 5.41) is 3.21. The van der Waals surface area contributed by atoms with Crippen LogP contribution >= 0.6 is 0 Å². The quantitative estimate of drug-likeness (QED) is 0.658. The molecule has 0 saturated carbocycles. The van der Waals surface area contributed by atoms with E-state index in [2.05, 4.69) is 12.2 Å². The van der Waals surface area contributed by atoms with Crippen molar-refractivity contribution < 1.29 is 4.79 Å². The second kappa shape index (κ2) is 4.26. The third-order valence-corrected chi connectivity index (χ3v) is 2.02. The van der Waals surface area contributed by atoms with Crippen LogP contribution < -0.4 is 5.32 Å². The van der Waals surface area contributed by atoms with Crippen LogP contribution in [0.15, 0.2) is 11.6 Å². The first kappa shape index (κ1) is 9.26. The fourth-order valence-corrected chi connectivity index (χ4v) is 1.29. The zero-order chi connectivity index (χ0) is 8.97. The van der Waals surface area contributed by atoms with Gasteiger partial charge in [0.1, 0.15) is 0 Å². The summed E-state index contributed by atoms with van der Waals surface area (Å²) in [6.45, 7) is 7.49. The van der Waals surface area contributed by atoms with E-state index in [9.17, 15) is 4.79 Å². The van der Waals surface area contributed by atoms with Crippen LogP contribution in [0.25, 0.3) is 0 Å². The van der Waals surface area contributed by atoms with E-state index in [1.54, 1.807) is 6.08 Å². The number of carbonyl (C=O) groups is 1. The molecule has 0 bridgehead atoms. The molecule has 0 radical (unpaired) electrons. The summed E-state index contributed by atoms with van der Waals surface area (Å²) in [5.74, 6) is 0.158. The van der Waals surface area contributed by atoms with Crippen molar-refractivity contribution in [2.24, 2.45) is 0 Å². The largest absolute Gasteiger partial charge is 0.335 e. The SMILES string of the molecule is CCNCC1=CC(=O)N(CC)C1. The number of rotatable bonds is 4. The van der Waals surface area contributed by atoms with Gasteiger partial charge in [0.05, 0.1) is 0 Å². The maximum absolute atomic E-state index is 11.2. The summed E-state index contributed by atoms with van der Waals surface area (Å²) >= 11 is 0. The molecule has 12 heavy (non-hydrogen) atoms. The lowest BCUT2D eigenvalue weighted by atomic mass is 10.3. The van der Waals surface area contributed by atoms with E-state index < -0.39 is 0 Å². The van der Waals surface area contributed by atoms with Crippen molar-refractivity contribution in [3.8, 4) is 0 Å². The number of likely N-dealkylation sites (N-methyl/N-ethyl adjacent to an activating group) is 2. The molecule has 3 nitrogen and oxygen atoms in total. The Balaban J connectivity index is 2.39. The molecule has 0 spiro atoms. The van der Waals surface area contributed by atoms with Gasteiger partial charge in [0.25, 0.3) is 0 Å². The fourth-order valence-electron chi connectivity index (χ4n) is 1.29. The molecule has 0 unspecified atom stereocenters. The molecule has 1 amide bonds. The minimum Gasteiger partial charge on any atom is -0.335 e. The highest BCUT2D eigenvalue weighted by molar-refractivity contribution is 5.91. The van der Waals surface area contributed by atoms with E-state index in [-0.39, 0.29) is 5.91 Å². The average Bonchev–Trinajstić information content (AvgIpc) is 2.43. The molecular formula is C9H16N2O. The van der Waals surface area contributed by atoms with E-state index in [4.69, 9.17) is 0 Å². The Morgan fingerprint density at radius 3 is 2.83 bits per heavy atom. The molecule has 1 rings (SSSR count). The molecule has 0 atom stereocenters. The predicted octanol–water partition coefficient (Wildman–Crippen LogP) is 0.384. The van der Waals surface area contributed by atoms with Crippen LogP contribution in [0.1, 0.15) is 13.8 Å². The van der Waals surface area contributed by atoms with Gasteiger partial charge in [0, 0.05) is 25.7 Å². The summed E-state index contributed by atoms with van der Waals surface area (Å²) in [6, 6.07) is 0. The summed E-state index contributed by atoms with van der Waals surface area (Å²) in [7, 11) is 0. The number of amides is 1. The maximum Gasteiger partial charge on any atom is 0.246 e. The van der Waals surface area contributed by atoms with Crippen LogP contribution in [0.2, 0.25) is 0 Å². The van der Waals surface area contributed by atoms with E-state index in [0.717, 1.165) is 26.2 Å². The Morgan fingerprint density at radius 2 is 2.33 bits per heavy atom. The van der Waals surface area contributed by atoms with Gasteiger partial charge in [-0.05, 0) is 19.0 Å². The lowest BCUT2D eigenvalue weighted by Crippen LogP contribution is -2.26. The Bertz CT molecular complexity index is 199. The highest BCUT2D eigenvalue weighted by atomic mass is 16.2. The first-order valence-corrected chi connectivity index (χ1v) is 4.47. The summed E-state index contributed by atoms with van der Waals surface area (Å²) < 4.78 is 0. The maximum atomic E-state index is 11.2. The summed E-state index contributed by atoms with van der Waals surface area (Å²) in [6.07, 6.45) is 1.74. The third kappa shape index (κ3) is 2.08. The monoisotopic (exact) mass is 168 g/mol. The average molecular weight is 168 g/mol. The molecule has 0 aromatic carbocycles. The van der Waals surface area contributed by atoms with Crippen molar-refractivity contribution in [1.82, 2.24) is 10.2 Å². The lowest BCUT2D eigenvalue weighted by molar-refractivity contribution is -0.124. The molecule has 0 saturated heterocycles. The minimum atomic E-state index is 0.158. The van der Waals surface area contributed by atoms with E-state index >= 15 is 0 Å². The second-order valence-electron chi connectivity index (χ2n) is 2.94. The van der Waals surface area contributed by atoms with Crippen LogP contribution in [0.5, 0.6) is 0 Å². The first-order chi connectivity index (χ1) is 5.77. The third-order valence-electron chi connectivity index (χ3n) is 2.02. The van der Waals surface area contributed by atoms with Crippen molar-refractivity contribution >= 4 is 5.91 Å². The highest BCUT2D eigenvalue weighted by Gasteiger charge is 2.18. The number of nitrogens with zero attached hydrogens (tertiary/aromatic N) is 1. The van der Waals surface area contributed by atoms with Crippen LogP contribution in [-0.4, -0.2) is 37.0 Å². The highest BCUT2D eigenvalue weighted by Crippen LogP contribution is 2.08. The fraction of sp³-hybridized carbons (Fsp3) is 0.667. The summed E-state index contributed by atoms with van der Waals surface area (Å²) in [5.41, 5.74) is 1.20. The van der Waals surface area contributed by atoms with Crippen molar-refractivity contribution in [2.75, 3.05) is 26.2 Å². The van der Waals surface area contributed by atoms with E-state index in [0.29, 0.717) is 0 Å². The Kier molecular flexibility index (Phi) is 3.29. The molecular weight excluding hydrogens is 152 g/mol. The molecule has 3 heteroatoms. The Morgan fingerprint density at radius 1 is 1.58 bits per heavy atom. The van der Waals surface area contributed by atoms with Crippen molar-refractivity contribution in [2.45, 2.75) is 13.8 Å². The zero-order valence-electron chi connectivity index (χ0n) is 7.76. The van der Waals surface area contributed by atoms with Crippen molar-refractivity contribution in [3.63, 3.8) is 0 Å². The molecule has 0 aromatic heterocycles. The molecule has 1 aliphatic heterocycles. The van der Waals surface area contributed by atoms with Gasteiger partial charge in [-0.1, -0.05) is 6.92 Å². The second-order valence-corrected chi connectivity index (χ2v) is 2.94. The smallest absolute Gasteiger partial charge is 0.246 e. The van der Waals surface area contributed by atoms with Gasteiger partial charge >= 0.3 is 0 Å². The number of nitrogens with one attached hydrogen (secondary N) is 1. The van der Waals surface area contributed by atoms with Crippen LogP contribution in [0, 0.1) is 0 Å². The Labute approximate surface area is 73.4 Å².